The highest BCUT2D eigenvalue weighted by atomic mass is 14.2. The SMILES string of the molecule is C=C/C=C1\CCCc2ccccc21. The summed E-state index contributed by atoms with van der Waals surface area (Å²) in [4.78, 5) is 0. The third kappa shape index (κ3) is 1.57. The minimum Gasteiger partial charge on any atom is -0.0991 e. The lowest BCUT2D eigenvalue weighted by Gasteiger charge is -2.18. The van der Waals surface area contributed by atoms with Crippen LogP contribution < -0.4 is 0 Å². The van der Waals surface area contributed by atoms with Gasteiger partial charge >= 0.3 is 0 Å². The highest BCUT2D eigenvalue weighted by Gasteiger charge is 2.11. The molecule has 0 nitrogen and oxygen atoms in total. The number of rotatable bonds is 1. The maximum absolute atomic E-state index is 3.75. The van der Waals surface area contributed by atoms with Gasteiger partial charge in [-0.25, -0.2) is 0 Å². The van der Waals surface area contributed by atoms with Crippen LogP contribution in [0.4, 0.5) is 0 Å². The van der Waals surface area contributed by atoms with Crippen LogP contribution in [-0.4, -0.2) is 0 Å². The standard InChI is InChI=1S/C13H14/c1-2-6-11-8-5-9-12-7-3-4-10-13(11)12/h2-4,6-7,10H,1,5,8-9H2/b11-6+. The average molecular weight is 170 g/mol. The van der Waals surface area contributed by atoms with Crippen molar-refractivity contribution in [1.82, 2.24) is 0 Å². The highest BCUT2D eigenvalue weighted by molar-refractivity contribution is 5.70. The Hall–Kier alpha value is -1.30. The number of hydrogen-bond acceptors (Lipinski definition) is 0. The minimum atomic E-state index is 1.20. The molecular formula is C13H14. The van der Waals surface area contributed by atoms with E-state index in [1.807, 2.05) is 6.08 Å². The fourth-order valence-electron chi connectivity index (χ4n) is 1.97. The van der Waals surface area contributed by atoms with Gasteiger partial charge in [-0.05, 0) is 36.0 Å². The van der Waals surface area contributed by atoms with E-state index in [4.69, 9.17) is 0 Å². The zero-order chi connectivity index (χ0) is 9.10. The van der Waals surface area contributed by atoms with Crippen molar-refractivity contribution >= 4 is 5.57 Å². The second-order valence-electron chi connectivity index (χ2n) is 3.44. The molecule has 2 rings (SSSR count). The van der Waals surface area contributed by atoms with Gasteiger partial charge in [0.15, 0.2) is 0 Å². The van der Waals surface area contributed by atoms with Crippen molar-refractivity contribution in [1.29, 1.82) is 0 Å². The lowest BCUT2D eigenvalue weighted by molar-refractivity contribution is 0.822. The van der Waals surface area contributed by atoms with Crippen LogP contribution in [0.15, 0.2) is 43.0 Å². The summed E-state index contributed by atoms with van der Waals surface area (Å²) in [5.74, 6) is 0. The van der Waals surface area contributed by atoms with E-state index in [0.717, 1.165) is 0 Å². The summed E-state index contributed by atoms with van der Waals surface area (Å²) in [5.41, 5.74) is 4.35. The Morgan fingerprint density at radius 1 is 1.15 bits per heavy atom. The molecule has 0 unspecified atom stereocenters. The predicted molar refractivity (Wildman–Crippen MR) is 57.6 cm³/mol. The van der Waals surface area contributed by atoms with Crippen molar-refractivity contribution in [3.63, 3.8) is 0 Å². The van der Waals surface area contributed by atoms with Gasteiger partial charge in [-0.2, -0.15) is 0 Å². The van der Waals surface area contributed by atoms with Gasteiger partial charge in [-0.3, -0.25) is 0 Å². The minimum absolute atomic E-state index is 1.20. The Balaban J connectivity index is 2.48. The molecule has 0 heterocycles. The van der Waals surface area contributed by atoms with Crippen LogP contribution in [0.3, 0.4) is 0 Å². The average Bonchev–Trinajstić information content (AvgIpc) is 2.19. The maximum atomic E-state index is 3.75. The van der Waals surface area contributed by atoms with Gasteiger partial charge in [-0.1, -0.05) is 43.0 Å². The molecule has 13 heavy (non-hydrogen) atoms. The monoisotopic (exact) mass is 170 g/mol. The molecule has 0 radical (unpaired) electrons. The summed E-state index contributed by atoms with van der Waals surface area (Å²) in [7, 11) is 0. The van der Waals surface area contributed by atoms with Crippen LogP contribution in [0.1, 0.15) is 24.0 Å². The molecule has 1 aliphatic rings. The van der Waals surface area contributed by atoms with Crippen molar-refractivity contribution in [2.24, 2.45) is 0 Å². The Kier molecular flexibility index (Phi) is 2.31. The normalized spacial score (nSPS) is 18.3. The second-order valence-corrected chi connectivity index (χ2v) is 3.44. The zero-order valence-corrected chi connectivity index (χ0v) is 7.79. The number of benzene rings is 1. The Morgan fingerprint density at radius 2 is 2.00 bits per heavy atom. The molecule has 1 aromatic rings. The van der Waals surface area contributed by atoms with E-state index in [1.54, 1.807) is 0 Å². The Bertz CT molecular complexity index is 345. The van der Waals surface area contributed by atoms with Crippen LogP contribution in [0.2, 0.25) is 0 Å². The summed E-state index contributed by atoms with van der Waals surface area (Å²) in [6, 6.07) is 8.67. The van der Waals surface area contributed by atoms with E-state index in [1.165, 1.54) is 36.0 Å². The molecule has 0 N–H and O–H groups in total. The number of aryl methyl sites for hydroxylation is 1. The van der Waals surface area contributed by atoms with E-state index in [-0.39, 0.29) is 0 Å². The van der Waals surface area contributed by atoms with Gasteiger partial charge in [0.25, 0.3) is 0 Å². The first-order chi connectivity index (χ1) is 6.42. The first-order valence-corrected chi connectivity index (χ1v) is 4.81. The van der Waals surface area contributed by atoms with Gasteiger partial charge < -0.3 is 0 Å². The quantitative estimate of drug-likeness (QED) is 0.604. The Morgan fingerprint density at radius 3 is 2.85 bits per heavy atom. The lowest BCUT2D eigenvalue weighted by atomic mass is 9.87. The predicted octanol–water partition coefficient (Wildman–Crippen LogP) is 3.59. The highest BCUT2D eigenvalue weighted by Crippen LogP contribution is 2.30. The molecule has 0 heteroatoms. The van der Waals surface area contributed by atoms with Crippen LogP contribution in [0, 0.1) is 0 Å². The molecule has 0 saturated heterocycles. The topological polar surface area (TPSA) is 0 Å². The van der Waals surface area contributed by atoms with E-state index < -0.39 is 0 Å². The summed E-state index contributed by atoms with van der Waals surface area (Å²) in [6.45, 7) is 3.75. The van der Waals surface area contributed by atoms with E-state index in [0.29, 0.717) is 0 Å². The molecule has 0 aliphatic heterocycles. The van der Waals surface area contributed by atoms with Crippen LogP contribution in [0.5, 0.6) is 0 Å². The van der Waals surface area contributed by atoms with E-state index in [9.17, 15) is 0 Å². The van der Waals surface area contributed by atoms with Gasteiger partial charge in [-0.15, -0.1) is 0 Å². The molecule has 0 saturated carbocycles. The maximum Gasteiger partial charge on any atom is -0.0192 e. The largest absolute Gasteiger partial charge is 0.0991 e. The summed E-state index contributed by atoms with van der Waals surface area (Å²) >= 11 is 0. The molecule has 0 atom stereocenters. The summed E-state index contributed by atoms with van der Waals surface area (Å²) in [6.07, 6.45) is 7.72. The van der Waals surface area contributed by atoms with E-state index >= 15 is 0 Å². The first-order valence-electron chi connectivity index (χ1n) is 4.81. The third-order valence-electron chi connectivity index (χ3n) is 2.57. The van der Waals surface area contributed by atoms with Gasteiger partial charge in [0.05, 0.1) is 0 Å². The van der Waals surface area contributed by atoms with Crippen molar-refractivity contribution < 1.29 is 0 Å². The van der Waals surface area contributed by atoms with Crippen molar-refractivity contribution in [3.8, 4) is 0 Å². The Labute approximate surface area is 79.6 Å². The molecular weight excluding hydrogens is 156 g/mol. The smallest absolute Gasteiger partial charge is 0.0192 e. The molecule has 66 valence electrons. The number of hydrogen-bond donors (Lipinski definition) is 0. The molecule has 1 aliphatic carbocycles. The number of fused-ring (bicyclic) bond motifs is 1. The fraction of sp³-hybridized carbons (Fsp3) is 0.231. The molecule has 1 aromatic carbocycles. The van der Waals surface area contributed by atoms with Gasteiger partial charge in [0.1, 0.15) is 0 Å². The van der Waals surface area contributed by atoms with Gasteiger partial charge in [0, 0.05) is 0 Å². The van der Waals surface area contributed by atoms with Crippen LogP contribution in [-0.2, 0) is 6.42 Å². The summed E-state index contributed by atoms with van der Waals surface area (Å²) in [5, 5.41) is 0. The first kappa shape index (κ1) is 8.31. The summed E-state index contributed by atoms with van der Waals surface area (Å²) < 4.78 is 0. The van der Waals surface area contributed by atoms with Crippen LogP contribution in [0.25, 0.3) is 5.57 Å². The second kappa shape index (κ2) is 3.61. The molecule has 0 aromatic heterocycles. The number of allylic oxidation sites excluding steroid dienone is 3. The van der Waals surface area contributed by atoms with Gasteiger partial charge in [0.2, 0.25) is 0 Å². The molecule has 0 spiro atoms. The van der Waals surface area contributed by atoms with Crippen LogP contribution >= 0.6 is 0 Å². The zero-order valence-electron chi connectivity index (χ0n) is 7.79. The van der Waals surface area contributed by atoms with Crippen molar-refractivity contribution in [2.45, 2.75) is 19.3 Å². The fourth-order valence-corrected chi connectivity index (χ4v) is 1.97. The van der Waals surface area contributed by atoms with Crippen molar-refractivity contribution in [2.75, 3.05) is 0 Å². The van der Waals surface area contributed by atoms with E-state index in [2.05, 4.69) is 36.9 Å². The molecule has 0 amide bonds. The third-order valence-corrected chi connectivity index (χ3v) is 2.57. The van der Waals surface area contributed by atoms with Crippen molar-refractivity contribution in [3.05, 3.63) is 54.1 Å². The molecule has 0 bridgehead atoms. The lowest BCUT2D eigenvalue weighted by Crippen LogP contribution is -2.00. The molecule has 0 fully saturated rings.